The molecular formula is C26H22ClFN6O2S. The molecule has 1 aliphatic rings. The SMILES string of the molecule is C=C(C)CN=c1scc(-c2ccc3c(c2)NC(=O)CO3)n1N=Cc1c(C)nn(-c2ccc(F)cc2)c1Cl. The van der Waals surface area contributed by atoms with Crippen molar-refractivity contribution in [3.8, 4) is 22.7 Å². The molecule has 1 N–H and O–H groups in total. The highest BCUT2D eigenvalue weighted by molar-refractivity contribution is 7.07. The number of thiazole rings is 1. The number of aromatic nitrogens is 3. The zero-order chi connectivity index (χ0) is 26.1. The van der Waals surface area contributed by atoms with E-state index in [-0.39, 0.29) is 18.3 Å². The highest BCUT2D eigenvalue weighted by Crippen LogP contribution is 2.33. The fourth-order valence-electron chi connectivity index (χ4n) is 3.69. The number of rotatable bonds is 6. The van der Waals surface area contributed by atoms with Crippen molar-refractivity contribution in [3.63, 3.8) is 0 Å². The van der Waals surface area contributed by atoms with Gasteiger partial charge in [0, 0.05) is 10.9 Å². The molecule has 2 aromatic carbocycles. The number of aryl methyl sites for hydroxylation is 1. The average Bonchev–Trinajstić information content (AvgIpc) is 3.41. The fraction of sp³-hybridized carbons (Fsp3) is 0.154. The van der Waals surface area contributed by atoms with E-state index in [0.29, 0.717) is 44.9 Å². The number of nitrogens with one attached hydrogen (secondary N) is 1. The molecule has 0 radical (unpaired) electrons. The van der Waals surface area contributed by atoms with E-state index in [2.05, 4.69) is 22.0 Å². The first kappa shape index (κ1) is 24.7. The van der Waals surface area contributed by atoms with Gasteiger partial charge in [-0.15, -0.1) is 11.3 Å². The number of hydrogen-bond donors (Lipinski definition) is 1. The van der Waals surface area contributed by atoms with Gasteiger partial charge in [-0.3, -0.25) is 9.79 Å². The molecule has 0 saturated heterocycles. The standard InChI is InChI=1S/C26H22ClFN6O2S/c1-15(2)11-29-26-34(22(14-37-26)17-4-9-23-21(10-17)31-24(35)13-36-23)30-12-20-16(3)32-33(25(20)27)19-7-5-18(28)6-8-19/h4-10,12,14H,1,11,13H2,2-3H3,(H,31,35). The summed E-state index contributed by atoms with van der Waals surface area (Å²) in [6.45, 7) is 8.10. The second kappa shape index (κ2) is 10.2. The molecule has 0 spiro atoms. The van der Waals surface area contributed by atoms with Crippen molar-refractivity contribution in [2.24, 2.45) is 10.1 Å². The van der Waals surface area contributed by atoms with Gasteiger partial charge in [-0.05, 0) is 56.3 Å². The molecule has 4 aromatic rings. The summed E-state index contributed by atoms with van der Waals surface area (Å²) in [5.74, 6) is 0.0593. The summed E-state index contributed by atoms with van der Waals surface area (Å²) < 4.78 is 22.1. The van der Waals surface area contributed by atoms with Crippen LogP contribution in [0.2, 0.25) is 5.15 Å². The summed E-state index contributed by atoms with van der Waals surface area (Å²) in [5.41, 5.74) is 5.00. The van der Waals surface area contributed by atoms with E-state index in [1.807, 2.05) is 37.4 Å². The molecule has 11 heteroatoms. The van der Waals surface area contributed by atoms with E-state index >= 15 is 0 Å². The van der Waals surface area contributed by atoms with Crippen LogP contribution in [0.3, 0.4) is 0 Å². The first-order chi connectivity index (χ1) is 17.8. The number of nitrogens with zero attached hydrogens (tertiary/aromatic N) is 5. The Kier molecular flexibility index (Phi) is 6.77. The van der Waals surface area contributed by atoms with Crippen LogP contribution in [0, 0.1) is 12.7 Å². The Balaban J connectivity index is 1.57. The van der Waals surface area contributed by atoms with Crippen molar-refractivity contribution < 1.29 is 13.9 Å². The first-order valence-electron chi connectivity index (χ1n) is 11.3. The number of halogens is 2. The maximum atomic E-state index is 13.4. The lowest BCUT2D eigenvalue weighted by Gasteiger charge is -2.18. The second-order valence-corrected chi connectivity index (χ2v) is 9.65. The van der Waals surface area contributed by atoms with Gasteiger partial charge in [-0.1, -0.05) is 23.8 Å². The maximum Gasteiger partial charge on any atom is 0.262 e. The molecule has 0 saturated carbocycles. The van der Waals surface area contributed by atoms with Crippen molar-refractivity contribution in [1.29, 1.82) is 0 Å². The van der Waals surface area contributed by atoms with Crippen LogP contribution in [0.15, 0.2) is 70.1 Å². The van der Waals surface area contributed by atoms with Crippen LogP contribution in [0.25, 0.3) is 16.9 Å². The number of hydrogen-bond acceptors (Lipinski definition) is 6. The number of carbonyl (C=O) groups is 1. The molecule has 188 valence electrons. The van der Waals surface area contributed by atoms with Crippen LogP contribution in [0.4, 0.5) is 10.1 Å². The third-order valence-corrected chi connectivity index (χ3v) is 6.72. The first-order valence-corrected chi connectivity index (χ1v) is 12.5. The largest absolute Gasteiger partial charge is 0.482 e. The molecule has 5 rings (SSSR count). The minimum Gasteiger partial charge on any atom is -0.482 e. The number of carbonyl (C=O) groups excluding carboxylic acids is 1. The monoisotopic (exact) mass is 536 g/mol. The van der Waals surface area contributed by atoms with Crippen molar-refractivity contribution in [1.82, 2.24) is 14.5 Å². The molecule has 1 aliphatic heterocycles. The number of fused-ring (bicyclic) bond motifs is 1. The van der Waals surface area contributed by atoms with Crippen LogP contribution in [-0.2, 0) is 4.79 Å². The van der Waals surface area contributed by atoms with Gasteiger partial charge in [-0.2, -0.15) is 10.2 Å². The van der Waals surface area contributed by atoms with Crippen molar-refractivity contribution >= 4 is 40.7 Å². The van der Waals surface area contributed by atoms with E-state index in [1.54, 1.807) is 23.0 Å². The Hall–Kier alpha value is -4.02. The highest BCUT2D eigenvalue weighted by atomic mass is 35.5. The minimum absolute atomic E-state index is 0.00919. The summed E-state index contributed by atoms with van der Waals surface area (Å²) in [6, 6.07) is 11.5. The Morgan fingerprint density at radius 2 is 2.11 bits per heavy atom. The number of benzene rings is 2. The smallest absolute Gasteiger partial charge is 0.262 e. The average molecular weight is 537 g/mol. The summed E-state index contributed by atoms with van der Waals surface area (Å²) in [5, 5.41) is 14.4. The molecule has 8 nitrogen and oxygen atoms in total. The van der Waals surface area contributed by atoms with Crippen LogP contribution < -0.4 is 14.9 Å². The summed E-state index contributed by atoms with van der Waals surface area (Å²) in [7, 11) is 0. The molecule has 3 heterocycles. The minimum atomic E-state index is -0.341. The zero-order valence-corrected chi connectivity index (χ0v) is 21.6. The Bertz CT molecular complexity index is 1620. The van der Waals surface area contributed by atoms with Gasteiger partial charge >= 0.3 is 0 Å². The predicted octanol–water partition coefficient (Wildman–Crippen LogP) is 5.19. The lowest BCUT2D eigenvalue weighted by Crippen LogP contribution is -2.25. The summed E-state index contributed by atoms with van der Waals surface area (Å²) in [6.07, 6.45) is 1.63. The topological polar surface area (TPSA) is 85.8 Å². The molecule has 0 bridgehead atoms. The third-order valence-electron chi connectivity index (χ3n) is 5.50. The number of ether oxygens (including phenoxy) is 1. The molecule has 1 amide bonds. The normalized spacial score (nSPS) is 13.5. The molecule has 0 fully saturated rings. The van der Waals surface area contributed by atoms with Gasteiger partial charge in [0.1, 0.15) is 16.7 Å². The van der Waals surface area contributed by atoms with Crippen LogP contribution >= 0.6 is 22.9 Å². The van der Waals surface area contributed by atoms with Gasteiger partial charge in [0.05, 0.1) is 41.1 Å². The third kappa shape index (κ3) is 5.11. The van der Waals surface area contributed by atoms with Gasteiger partial charge in [-0.25, -0.2) is 13.7 Å². The summed E-state index contributed by atoms with van der Waals surface area (Å²) >= 11 is 8.09. The van der Waals surface area contributed by atoms with Crippen molar-refractivity contribution in [2.75, 3.05) is 18.5 Å². The molecule has 0 atom stereocenters. The van der Waals surface area contributed by atoms with Gasteiger partial charge in [0.2, 0.25) is 4.80 Å². The Labute approximate surface area is 221 Å². The summed E-state index contributed by atoms with van der Waals surface area (Å²) in [4.78, 5) is 17.1. The second-order valence-electron chi connectivity index (χ2n) is 8.46. The number of amides is 1. The quantitative estimate of drug-likeness (QED) is 0.272. The van der Waals surface area contributed by atoms with Gasteiger partial charge in [0.25, 0.3) is 5.91 Å². The van der Waals surface area contributed by atoms with Gasteiger partial charge < -0.3 is 10.1 Å². The lowest BCUT2D eigenvalue weighted by atomic mass is 10.1. The lowest BCUT2D eigenvalue weighted by molar-refractivity contribution is -0.118. The fourth-order valence-corrected chi connectivity index (χ4v) is 4.85. The molecule has 37 heavy (non-hydrogen) atoms. The Morgan fingerprint density at radius 1 is 1.32 bits per heavy atom. The van der Waals surface area contributed by atoms with E-state index in [9.17, 15) is 9.18 Å². The molecule has 2 aromatic heterocycles. The Morgan fingerprint density at radius 3 is 2.86 bits per heavy atom. The van der Waals surface area contributed by atoms with E-state index in [1.165, 1.54) is 28.2 Å². The van der Waals surface area contributed by atoms with Crippen molar-refractivity contribution in [3.05, 3.63) is 87.0 Å². The van der Waals surface area contributed by atoms with Crippen LogP contribution in [-0.4, -0.2) is 39.7 Å². The highest BCUT2D eigenvalue weighted by Gasteiger charge is 2.18. The zero-order valence-electron chi connectivity index (χ0n) is 20.0. The van der Waals surface area contributed by atoms with Crippen LogP contribution in [0.5, 0.6) is 5.75 Å². The van der Waals surface area contributed by atoms with E-state index in [4.69, 9.17) is 21.4 Å². The molecular weight excluding hydrogens is 515 g/mol. The van der Waals surface area contributed by atoms with E-state index < -0.39 is 0 Å². The van der Waals surface area contributed by atoms with Gasteiger partial charge in [0.15, 0.2) is 6.61 Å². The molecule has 0 unspecified atom stereocenters. The van der Waals surface area contributed by atoms with Crippen LogP contribution in [0.1, 0.15) is 18.2 Å². The van der Waals surface area contributed by atoms with Crippen molar-refractivity contribution in [2.45, 2.75) is 13.8 Å². The predicted molar refractivity (Wildman–Crippen MR) is 143 cm³/mol. The number of anilines is 1. The van der Waals surface area contributed by atoms with E-state index in [0.717, 1.165) is 16.8 Å². The maximum absolute atomic E-state index is 13.4. The molecule has 0 aliphatic carbocycles.